The Hall–Kier alpha value is -2.65. The zero-order valence-electron chi connectivity index (χ0n) is 14.1. The summed E-state index contributed by atoms with van der Waals surface area (Å²) in [7, 11) is 0.429. The summed E-state index contributed by atoms with van der Waals surface area (Å²) in [6.07, 6.45) is 0. The number of nitrogens with one attached hydrogen (secondary N) is 1. The molecule has 0 aliphatic heterocycles. The van der Waals surface area contributed by atoms with Gasteiger partial charge in [-0.2, -0.15) is 0 Å². The van der Waals surface area contributed by atoms with Crippen molar-refractivity contribution in [3.8, 4) is 17.2 Å². The van der Waals surface area contributed by atoms with Crippen molar-refractivity contribution in [2.75, 3.05) is 31.8 Å². The van der Waals surface area contributed by atoms with Crippen LogP contribution >= 0.6 is 0 Å². The molecule has 0 aliphatic carbocycles. The molecule has 2 aromatic rings. The topological polar surface area (TPSA) is 120 Å². The zero-order chi connectivity index (χ0) is 18.6. The predicted molar refractivity (Wildman–Crippen MR) is 93.7 cm³/mol. The van der Waals surface area contributed by atoms with Crippen LogP contribution < -0.4 is 24.7 Å². The van der Waals surface area contributed by atoms with Crippen LogP contribution in [-0.4, -0.2) is 34.9 Å². The Kier molecular flexibility index (Phi) is 5.60. The Morgan fingerprint density at radius 2 is 1.64 bits per heavy atom. The fourth-order valence-electron chi connectivity index (χ4n) is 2.24. The van der Waals surface area contributed by atoms with E-state index >= 15 is 0 Å². The van der Waals surface area contributed by atoms with Gasteiger partial charge in [0.1, 0.15) is 0 Å². The van der Waals surface area contributed by atoms with Gasteiger partial charge >= 0.3 is 0 Å². The summed E-state index contributed by atoms with van der Waals surface area (Å²) >= 11 is 0. The highest BCUT2D eigenvalue weighted by molar-refractivity contribution is 7.92. The Morgan fingerprint density at radius 3 is 2.08 bits per heavy atom. The van der Waals surface area contributed by atoms with E-state index in [1.165, 1.54) is 51.7 Å². The van der Waals surface area contributed by atoms with E-state index in [4.69, 9.17) is 25.1 Å². The number of hydrogen-bond acceptors (Lipinski definition) is 7. The van der Waals surface area contributed by atoms with Crippen molar-refractivity contribution in [2.45, 2.75) is 11.5 Å². The van der Waals surface area contributed by atoms with E-state index in [0.29, 0.717) is 22.8 Å². The van der Waals surface area contributed by atoms with E-state index in [1.807, 2.05) is 0 Å². The molecule has 0 aromatic heterocycles. The third-order valence-corrected chi connectivity index (χ3v) is 4.89. The molecule has 0 aliphatic rings. The van der Waals surface area contributed by atoms with Gasteiger partial charge < -0.3 is 25.1 Å². The lowest BCUT2D eigenvalue weighted by molar-refractivity contribution is 0.282. The smallest absolute Gasteiger partial charge is 0.261 e. The van der Waals surface area contributed by atoms with Crippen LogP contribution in [0.15, 0.2) is 35.2 Å². The van der Waals surface area contributed by atoms with E-state index < -0.39 is 10.0 Å². The first-order chi connectivity index (χ1) is 11.9. The fourth-order valence-corrected chi connectivity index (χ4v) is 3.31. The van der Waals surface area contributed by atoms with Crippen LogP contribution in [0.4, 0.5) is 11.4 Å². The summed E-state index contributed by atoms with van der Waals surface area (Å²) in [6, 6.07) is 7.06. The van der Waals surface area contributed by atoms with Crippen molar-refractivity contribution in [2.24, 2.45) is 0 Å². The first kappa shape index (κ1) is 18.7. The largest absolute Gasteiger partial charge is 0.493 e. The Labute approximate surface area is 146 Å². The summed E-state index contributed by atoms with van der Waals surface area (Å²) in [6.45, 7) is -0.271. The molecule has 0 fully saturated rings. The third kappa shape index (κ3) is 3.89. The summed E-state index contributed by atoms with van der Waals surface area (Å²) in [5.41, 5.74) is 6.62. The molecular weight excluding hydrogens is 348 g/mol. The minimum absolute atomic E-state index is 0.0315. The lowest BCUT2D eigenvalue weighted by Gasteiger charge is -2.15. The third-order valence-electron chi connectivity index (χ3n) is 3.51. The molecule has 0 heterocycles. The molecule has 8 nitrogen and oxygen atoms in total. The number of benzene rings is 2. The molecule has 0 amide bonds. The van der Waals surface area contributed by atoms with Crippen LogP contribution in [0.3, 0.4) is 0 Å². The molecule has 25 heavy (non-hydrogen) atoms. The SMILES string of the molecule is COc1cc(NS(=O)(=O)c2ccc(CO)c(N)c2)cc(OC)c1OC. The second-order valence-corrected chi connectivity index (χ2v) is 6.72. The van der Waals surface area contributed by atoms with Gasteiger partial charge in [0.05, 0.1) is 38.5 Å². The molecule has 2 aromatic carbocycles. The standard InChI is InChI=1S/C16H20N2O6S/c1-22-14-6-11(7-15(23-2)16(14)24-3)18-25(20,21)12-5-4-10(9-19)13(17)8-12/h4-8,18-19H,9,17H2,1-3H3. The number of rotatable bonds is 7. The molecule has 0 atom stereocenters. The number of hydrogen-bond donors (Lipinski definition) is 3. The van der Waals surface area contributed by atoms with E-state index in [0.717, 1.165) is 0 Å². The van der Waals surface area contributed by atoms with Crippen LogP contribution in [0.25, 0.3) is 0 Å². The number of nitrogen functional groups attached to an aromatic ring is 1. The maximum atomic E-state index is 12.6. The van der Waals surface area contributed by atoms with E-state index in [1.54, 1.807) is 0 Å². The van der Waals surface area contributed by atoms with Gasteiger partial charge in [0.25, 0.3) is 10.0 Å². The van der Waals surface area contributed by atoms with Gasteiger partial charge in [0.15, 0.2) is 11.5 Å². The van der Waals surface area contributed by atoms with Crippen LogP contribution in [0.5, 0.6) is 17.2 Å². The number of anilines is 2. The van der Waals surface area contributed by atoms with E-state index in [-0.39, 0.29) is 22.9 Å². The average Bonchev–Trinajstić information content (AvgIpc) is 2.60. The number of aliphatic hydroxyl groups excluding tert-OH is 1. The minimum Gasteiger partial charge on any atom is -0.493 e. The van der Waals surface area contributed by atoms with Crippen molar-refractivity contribution in [1.29, 1.82) is 0 Å². The average molecular weight is 368 g/mol. The predicted octanol–water partition coefficient (Wildman–Crippen LogP) is 1.59. The first-order valence-corrected chi connectivity index (χ1v) is 8.66. The minimum atomic E-state index is -3.89. The number of methoxy groups -OCH3 is 3. The molecule has 2 rings (SSSR count). The van der Waals surface area contributed by atoms with Gasteiger partial charge in [0.2, 0.25) is 5.75 Å². The molecule has 0 saturated heterocycles. The molecule has 136 valence electrons. The number of sulfonamides is 1. The molecule has 0 unspecified atom stereocenters. The van der Waals surface area contributed by atoms with Crippen LogP contribution in [0.1, 0.15) is 5.56 Å². The Balaban J connectivity index is 2.42. The molecule has 0 spiro atoms. The highest BCUT2D eigenvalue weighted by Gasteiger charge is 2.19. The fraction of sp³-hybridized carbons (Fsp3) is 0.250. The van der Waals surface area contributed by atoms with Gasteiger partial charge in [-0.25, -0.2) is 8.42 Å². The highest BCUT2D eigenvalue weighted by Crippen LogP contribution is 2.40. The van der Waals surface area contributed by atoms with Gasteiger partial charge in [-0.05, 0) is 12.1 Å². The summed E-state index contributed by atoms with van der Waals surface area (Å²) in [5, 5.41) is 9.13. The maximum Gasteiger partial charge on any atom is 0.261 e. The van der Waals surface area contributed by atoms with Crippen LogP contribution in [0, 0.1) is 0 Å². The quantitative estimate of drug-likeness (QED) is 0.635. The zero-order valence-corrected chi connectivity index (χ0v) is 14.9. The first-order valence-electron chi connectivity index (χ1n) is 7.18. The van der Waals surface area contributed by atoms with Gasteiger partial charge in [-0.15, -0.1) is 0 Å². The Bertz CT molecular complexity index is 842. The van der Waals surface area contributed by atoms with Crippen molar-refractivity contribution < 1.29 is 27.7 Å². The van der Waals surface area contributed by atoms with Gasteiger partial charge in [-0.3, -0.25) is 4.72 Å². The van der Waals surface area contributed by atoms with Gasteiger partial charge in [-0.1, -0.05) is 6.07 Å². The van der Waals surface area contributed by atoms with E-state index in [9.17, 15) is 8.42 Å². The normalized spacial score (nSPS) is 11.0. The van der Waals surface area contributed by atoms with E-state index in [2.05, 4.69) is 4.72 Å². The second kappa shape index (κ2) is 7.49. The summed E-state index contributed by atoms with van der Waals surface area (Å²) in [5.74, 6) is 0.980. The van der Waals surface area contributed by atoms with Crippen molar-refractivity contribution in [1.82, 2.24) is 0 Å². The molecule has 4 N–H and O–H groups in total. The van der Waals surface area contributed by atoms with Crippen molar-refractivity contribution in [3.63, 3.8) is 0 Å². The molecular formula is C16H20N2O6S. The summed E-state index contributed by atoms with van der Waals surface area (Å²) < 4.78 is 43.2. The number of aliphatic hydroxyl groups is 1. The van der Waals surface area contributed by atoms with Gasteiger partial charge in [0, 0.05) is 23.4 Å². The maximum absolute atomic E-state index is 12.6. The number of nitrogens with two attached hydrogens (primary N) is 1. The van der Waals surface area contributed by atoms with Crippen molar-refractivity contribution in [3.05, 3.63) is 35.9 Å². The van der Waals surface area contributed by atoms with Crippen molar-refractivity contribution >= 4 is 21.4 Å². The lowest BCUT2D eigenvalue weighted by Crippen LogP contribution is -2.14. The monoisotopic (exact) mass is 368 g/mol. The van der Waals surface area contributed by atoms with Crippen LogP contribution in [-0.2, 0) is 16.6 Å². The molecule has 0 radical (unpaired) electrons. The second-order valence-electron chi connectivity index (χ2n) is 5.04. The van der Waals surface area contributed by atoms with Crippen LogP contribution in [0.2, 0.25) is 0 Å². The molecule has 9 heteroatoms. The summed E-state index contributed by atoms with van der Waals surface area (Å²) in [4.78, 5) is -0.0315. The Morgan fingerprint density at radius 1 is 1.04 bits per heavy atom. The lowest BCUT2D eigenvalue weighted by atomic mass is 10.2. The number of ether oxygens (including phenoxy) is 3. The highest BCUT2D eigenvalue weighted by atomic mass is 32.2. The molecule has 0 bridgehead atoms. The molecule has 0 saturated carbocycles.